The van der Waals surface area contributed by atoms with Crippen LogP contribution in [-0.4, -0.2) is 34.5 Å². The molecule has 2 N–H and O–H groups in total. The fraction of sp³-hybridized carbons (Fsp3) is 0.250. The van der Waals surface area contributed by atoms with E-state index in [2.05, 4.69) is 13.8 Å². The highest BCUT2D eigenvalue weighted by molar-refractivity contribution is 5.95. The van der Waals surface area contributed by atoms with Gasteiger partial charge in [0, 0.05) is 33.3 Å². The average molecular weight is 476 g/mol. The zero-order chi connectivity index (χ0) is 25.1. The molecule has 4 aromatic rings. The minimum atomic E-state index is -1.07. The van der Waals surface area contributed by atoms with E-state index in [4.69, 9.17) is 9.47 Å². The van der Waals surface area contributed by atoms with Gasteiger partial charge in [-0.3, -0.25) is 0 Å². The molecule has 1 aromatic heterocycles. The lowest BCUT2D eigenvalue weighted by Gasteiger charge is -2.43. The van der Waals surface area contributed by atoms with Gasteiger partial charge in [0.15, 0.2) is 0 Å². The van der Waals surface area contributed by atoms with Crippen LogP contribution in [-0.2, 0) is 15.8 Å². The third kappa shape index (κ3) is 3.38. The molecule has 2 heterocycles. The first-order chi connectivity index (χ1) is 16.6. The molecule has 5 rings (SSSR count). The van der Waals surface area contributed by atoms with Crippen LogP contribution in [0.25, 0.3) is 16.6 Å². The fourth-order valence-corrected chi connectivity index (χ4v) is 5.18. The van der Waals surface area contributed by atoms with Crippen molar-refractivity contribution in [3.05, 3.63) is 88.9 Å². The standard InChI is InChI=1S/C28H26FNO5/c1-27(2)15-35-28(3,19-13-8-16(26(32)33)14-22(19)34-4)24-23-20(6-5-7-21(23)31)30(25(24)27)18-11-9-17(29)10-12-18/h5-14,31H,15H2,1-4H3,(H,32,33). The maximum absolute atomic E-state index is 13.8. The van der Waals surface area contributed by atoms with E-state index in [0.717, 1.165) is 22.5 Å². The summed E-state index contributed by atoms with van der Waals surface area (Å²) in [6.07, 6.45) is 0. The zero-order valence-electron chi connectivity index (χ0n) is 19.9. The van der Waals surface area contributed by atoms with Crippen molar-refractivity contribution in [3.63, 3.8) is 0 Å². The molecular formula is C28H26FNO5. The maximum Gasteiger partial charge on any atom is 0.335 e. The Hall–Kier alpha value is -3.84. The van der Waals surface area contributed by atoms with E-state index in [9.17, 15) is 19.4 Å². The molecule has 1 aliphatic heterocycles. The summed E-state index contributed by atoms with van der Waals surface area (Å²) in [5.41, 5.74) is 2.39. The van der Waals surface area contributed by atoms with Crippen LogP contribution in [0.4, 0.5) is 4.39 Å². The van der Waals surface area contributed by atoms with Crippen LogP contribution >= 0.6 is 0 Å². The number of phenolic OH excluding ortho intramolecular Hbond substituents is 1. The highest BCUT2D eigenvalue weighted by Gasteiger charge is 2.48. The molecule has 0 amide bonds. The van der Waals surface area contributed by atoms with Gasteiger partial charge in [0.05, 0.1) is 24.8 Å². The SMILES string of the molecule is COc1cc(C(=O)O)ccc1C1(C)OCC(C)(C)c2c1c1c(O)cccc1n2-c1ccc(F)cc1. The lowest BCUT2D eigenvalue weighted by Crippen LogP contribution is -2.43. The summed E-state index contributed by atoms with van der Waals surface area (Å²) in [6, 6.07) is 16.3. The summed E-state index contributed by atoms with van der Waals surface area (Å²) in [4.78, 5) is 11.6. The third-order valence-electron chi connectivity index (χ3n) is 6.86. The van der Waals surface area contributed by atoms with E-state index < -0.39 is 17.0 Å². The molecule has 180 valence electrons. The second-order valence-electron chi connectivity index (χ2n) is 9.63. The number of carbonyl (C=O) groups is 1. The summed E-state index contributed by atoms with van der Waals surface area (Å²) < 4.78 is 28.0. The Labute approximate surface area is 202 Å². The van der Waals surface area contributed by atoms with Gasteiger partial charge >= 0.3 is 5.97 Å². The summed E-state index contributed by atoms with van der Waals surface area (Å²) in [5.74, 6) is -0.932. The van der Waals surface area contributed by atoms with Crippen LogP contribution < -0.4 is 4.74 Å². The largest absolute Gasteiger partial charge is 0.507 e. The van der Waals surface area contributed by atoms with E-state index in [-0.39, 0.29) is 17.1 Å². The Morgan fingerprint density at radius 2 is 1.80 bits per heavy atom. The number of fused-ring (bicyclic) bond motifs is 3. The van der Waals surface area contributed by atoms with Crippen molar-refractivity contribution in [3.8, 4) is 17.2 Å². The monoisotopic (exact) mass is 475 g/mol. The van der Waals surface area contributed by atoms with Crippen LogP contribution in [0.15, 0.2) is 60.7 Å². The number of rotatable bonds is 4. The number of hydrogen-bond donors (Lipinski definition) is 2. The van der Waals surface area contributed by atoms with E-state index in [1.165, 1.54) is 31.4 Å². The number of benzene rings is 3. The lowest BCUT2D eigenvalue weighted by atomic mass is 9.75. The molecule has 35 heavy (non-hydrogen) atoms. The number of nitrogens with zero attached hydrogens (tertiary/aromatic N) is 1. The molecule has 0 aliphatic carbocycles. The Morgan fingerprint density at radius 1 is 1.09 bits per heavy atom. The van der Waals surface area contributed by atoms with Gasteiger partial charge in [0.2, 0.25) is 0 Å². The Balaban J connectivity index is 1.91. The molecule has 1 aliphatic rings. The highest BCUT2D eigenvalue weighted by Crippen LogP contribution is 2.53. The summed E-state index contributed by atoms with van der Waals surface area (Å²) in [7, 11) is 1.49. The van der Waals surface area contributed by atoms with Gasteiger partial charge in [0.1, 0.15) is 22.9 Å². The first kappa shape index (κ1) is 22.9. The van der Waals surface area contributed by atoms with Crippen LogP contribution in [0.5, 0.6) is 11.5 Å². The number of hydrogen-bond acceptors (Lipinski definition) is 4. The summed E-state index contributed by atoms with van der Waals surface area (Å²) >= 11 is 0. The molecule has 7 heteroatoms. The van der Waals surface area contributed by atoms with E-state index in [1.54, 1.807) is 30.3 Å². The van der Waals surface area contributed by atoms with Gasteiger partial charge in [-0.1, -0.05) is 26.0 Å². The summed E-state index contributed by atoms with van der Waals surface area (Å²) in [6.45, 7) is 6.37. The van der Waals surface area contributed by atoms with E-state index in [1.807, 2.05) is 17.6 Å². The zero-order valence-corrected chi connectivity index (χ0v) is 19.9. The van der Waals surface area contributed by atoms with Gasteiger partial charge in [-0.25, -0.2) is 9.18 Å². The molecule has 0 saturated carbocycles. The number of aromatic nitrogens is 1. The van der Waals surface area contributed by atoms with E-state index in [0.29, 0.717) is 23.3 Å². The van der Waals surface area contributed by atoms with E-state index >= 15 is 0 Å². The van der Waals surface area contributed by atoms with Crippen molar-refractivity contribution < 1.29 is 28.9 Å². The topological polar surface area (TPSA) is 80.9 Å². The van der Waals surface area contributed by atoms with Gasteiger partial charge in [-0.05, 0) is 55.5 Å². The minimum absolute atomic E-state index is 0.0910. The number of carboxylic acids is 1. The second-order valence-corrected chi connectivity index (χ2v) is 9.63. The smallest absolute Gasteiger partial charge is 0.335 e. The van der Waals surface area contributed by atoms with Gasteiger partial charge in [-0.2, -0.15) is 0 Å². The Kier molecular flexibility index (Phi) is 5.14. The van der Waals surface area contributed by atoms with Crippen LogP contribution in [0.2, 0.25) is 0 Å². The molecule has 0 bridgehead atoms. The average Bonchev–Trinajstić information content (AvgIpc) is 3.21. The lowest BCUT2D eigenvalue weighted by molar-refractivity contribution is -0.0448. The van der Waals surface area contributed by atoms with Crippen LogP contribution in [0, 0.1) is 5.82 Å². The molecule has 0 spiro atoms. The van der Waals surface area contributed by atoms with Crippen molar-refractivity contribution in [1.82, 2.24) is 4.57 Å². The van der Waals surface area contributed by atoms with Crippen molar-refractivity contribution in [2.24, 2.45) is 0 Å². The first-order valence-corrected chi connectivity index (χ1v) is 11.3. The molecule has 0 fully saturated rings. The molecule has 1 unspecified atom stereocenters. The second kappa shape index (κ2) is 7.85. The summed E-state index contributed by atoms with van der Waals surface area (Å²) in [5, 5.41) is 21.2. The number of aromatic carboxylic acids is 1. The van der Waals surface area contributed by atoms with Gasteiger partial charge in [0.25, 0.3) is 0 Å². The highest BCUT2D eigenvalue weighted by atomic mass is 19.1. The molecule has 1 atom stereocenters. The number of phenols is 1. The molecular weight excluding hydrogens is 449 g/mol. The van der Waals surface area contributed by atoms with Crippen LogP contribution in [0.1, 0.15) is 48.0 Å². The minimum Gasteiger partial charge on any atom is -0.507 e. The Bertz CT molecular complexity index is 1470. The van der Waals surface area contributed by atoms with Crippen molar-refractivity contribution in [2.75, 3.05) is 13.7 Å². The quantitative estimate of drug-likeness (QED) is 0.393. The predicted octanol–water partition coefficient (Wildman–Crippen LogP) is 5.75. The third-order valence-corrected chi connectivity index (χ3v) is 6.86. The van der Waals surface area contributed by atoms with Crippen LogP contribution in [0.3, 0.4) is 0 Å². The number of halogens is 1. The first-order valence-electron chi connectivity index (χ1n) is 11.3. The number of ether oxygens (including phenoxy) is 2. The molecule has 0 saturated heterocycles. The number of aromatic hydroxyl groups is 1. The van der Waals surface area contributed by atoms with Crippen molar-refractivity contribution >= 4 is 16.9 Å². The fourth-order valence-electron chi connectivity index (χ4n) is 5.18. The number of carboxylic acid groups (broad SMARTS) is 1. The van der Waals surface area contributed by atoms with Gasteiger partial charge < -0.3 is 24.3 Å². The number of methoxy groups -OCH3 is 1. The normalized spacial score (nSPS) is 18.9. The maximum atomic E-state index is 13.8. The van der Waals surface area contributed by atoms with Gasteiger partial charge in [-0.15, -0.1) is 0 Å². The van der Waals surface area contributed by atoms with Crippen molar-refractivity contribution in [1.29, 1.82) is 0 Å². The molecule has 6 nitrogen and oxygen atoms in total. The predicted molar refractivity (Wildman–Crippen MR) is 130 cm³/mol. The Morgan fingerprint density at radius 3 is 2.46 bits per heavy atom. The molecule has 3 aromatic carbocycles. The van der Waals surface area contributed by atoms with Crippen molar-refractivity contribution in [2.45, 2.75) is 31.8 Å². The molecule has 0 radical (unpaired) electrons.